The Morgan fingerprint density at radius 1 is 1.08 bits per heavy atom. The zero-order chi connectivity index (χ0) is 18.7. The highest BCUT2D eigenvalue weighted by Crippen LogP contribution is 2.20. The Morgan fingerprint density at radius 3 is 2.42 bits per heavy atom. The van der Waals surface area contributed by atoms with Crippen LogP contribution in [-0.4, -0.2) is 19.3 Å². The van der Waals surface area contributed by atoms with Gasteiger partial charge in [0, 0.05) is 22.8 Å². The number of hydrogen-bond acceptors (Lipinski definition) is 5. The van der Waals surface area contributed by atoms with E-state index in [4.69, 9.17) is 0 Å². The van der Waals surface area contributed by atoms with Gasteiger partial charge < -0.3 is 5.32 Å². The third-order valence-corrected chi connectivity index (χ3v) is 5.88. The molecule has 6 nitrogen and oxygen atoms in total. The smallest absolute Gasteiger partial charge is 0.263 e. The molecule has 2 N–H and O–H groups in total. The maximum atomic E-state index is 12.4. The van der Waals surface area contributed by atoms with Gasteiger partial charge in [0.05, 0.1) is 4.90 Å². The molecule has 1 heterocycles. The largest absolute Gasteiger partial charge is 0.322 e. The third-order valence-electron chi connectivity index (χ3n) is 3.70. The fourth-order valence-electron chi connectivity index (χ4n) is 2.43. The Kier molecular flexibility index (Phi) is 5.06. The molecule has 0 saturated carbocycles. The van der Waals surface area contributed by atoms with E-state index in [2.05, 4.69) is 15.0 Å². The minimum atomic E-state index is -3.71. The van der Waals surface area contributed by atoms with Crippen molar-refractivity contribution in [1.82, 2.24) is 4.98 Å². The number of thiazole rings is 1. The van der Waals surface area contributed by atoms with Gasteiger partial charge in [0.1, 0.15) is 0 Å². The normalized spacial score (nSPS) is 11.2. The quantitative estimate of drug-likeness (QED) is 0.697. The standard InChI is InChI=1S/C18H17N3O3S2/c1-12-3-8-16(13(2)11-12)17(22)20-14-4-6-15(7-5-14)26(23,24)21-18-19-9-10-25-18/h3-11H,1-2H3,(H,19,21)(H,20,22). The van der Waals surface area contributed by atoms with Crippen LogP contribution in [0.5, 0.6) is 0 Å². The minimum Gasteiger partial charge on any atom is -0.322 e. The van der Waals surface area contributed by atoms with E-state index in [1.165, 1.54) is 29.7 Å². The summed E-state index contributed by atoms with van der Waals surface area (Å²) in [5.41, 5.74) is 3.07. The minimum absolute atomic E-state index is 0.0946. The number of hydrogen-bond donors (Lipinski definition) is 2. The third kappa shape index (κ3) is 4.09. The topological polar surface area (TPSA) is 88.2 Å². The molecule has 0 aliphatic heterocycles. The molecular weight excluding hydrogens is 370 g/mol. The summed E-state index contributed by atoms with van der Waals surface area (Å²) >= 11 is 1.20. The Morgan fingerprint density at radius 2 is 1.81 bits per heavy atom. The molecule has 1 amide bonds. The summed E-state index contributed by atoms with van der Waals surface area (Å²) in [5.74, 6) is -0.237. The molecule has 0 fully saturated rings. The summed E-state index contributed by atoms with van der Waals surface area (Å²) in [4.78, 5) is 16.4. The first-order valence-corrected chi connectivity index (χ1v) is 10.1. The molecule has 134 valence electrons. The van der Waals surface area contributed by atoms with Gasteiger partial charge in [0.15, 0.2) is 5.13 Å². The van der Waals surface area contributed by atoms with E-state index in [0.717, 1.165) is 11.1 Å². The summed E-state index contributed by atoms with van der Waals surface area (Å²) < 4.78 is 27.0. The average Bonchev–Trinajstić information content (AvgIpc) is 3.07. The first kappa shape index (κ1) is 18.1. The van der Waals surface area contributed by atoms with E-state index in [1.807, 2.05) is 26.0 Å². The second-order valence-corrected chi connectivity index (χ2v) is 8.32. The van der Waals surface area contributed by atoms with Gasteiger partial charge in [-0.2, -0.15) is 0 Å². The van der Waals surface area contributed by atoms with Gasteiger partial charge in [-0.05, 0) is 49.7 Å². The predicted molar refractivity (Wildman–Crippen MR) is 103 cm³/mol. The Bertz CT molecular complexity index is 1030. The maximum absolute atomic E-state index is 12.4. The van der Waals surface area contributed by atoms with Crippen molar-refractivity contribution in [3.8, 4) is 0 Å². The Balaban J connectivity index is 1.74. The highest BCUT2D eigenvalue weighted by Gasteiger charge is 2.16. The molecule has 26 heavy (non-hydrogen) atoms. The van der Waals surface area contributed by atoms with Crippen LogP contribution in [0.2, 0.25) is 0 Å². The van der Waals surface area contributed by atoms with Gasteiger partial charge in [-0.1, -0.05) is 17.7 Å². The second kappa shape index (κ2) is 7.27. The van der Waals surface area contributed by atoms with Crippen LogP contribution in [0.1, 0.15) is 21.5 Å². The van der Waals surface area contributed by atoms with Gasteiger partial charge >= 0.3 is 0 Å². The predicted octanol–water partition coefficient (Wildman–Crippen LogP) is 3.81. The molecule has 0 aliphatic rings. The Labute approximate surface area is 156 Å². The number of amides is 1. The molecule has 2 aromatic carbocycles. The van der Waals surface area contributed by atoms with Crippen LogP contribution in [0.3, 0.4) is 0 Å². The van der Waals surface area contributed by atoms with Gasteiger partial charge in [-0.25, -0.2) is 13.4 Å². The number of aryl methyl sites for hydroxylation is 2. The number of anilines is 2. The summed E-state index contributed by atoms with van der Waals surface area (Å²) in [7, 11) is -3.71. The van der Waals surface area contributed by atoms with E-state index in [1.54, 1.807) is 23.6 Å². The lowest BCUT2D eigenvalue weighted by Gasteiger charge is -2.10. The number of carbonyl (C=O) groups excluding carboxylic acids is 1. The lowest BCUT2D eigenvalue weighted by atomic mass is 10.1. The first-order chi connectivity index (χ1) is 12.3. The zero-order valence-electron chi connectivity index (χ0n) is 14.2. The summed E-state index contributed by atoms with van der Waals surface area (Å²) in [5, 5.41) is 4.77. The van der Waals surface area contributed by atoms with Crippen LogP contribution in [0.25, 0.3) is 0 Å². The fraction of sp³-hybridized carbons (Fsp3) is 0.111. The molecule has 0 spiro atoms. The Hall–Kier alpha value is -2.71. The molecule has 1 aromatic heterocycles. The van der Waals surface area contributed by atoms with Crippen molar-refractivity contribution in [2.75, 3.05) is 10.0 Å². The molecule has 0 atom stereocenters. The number of nitrogens with one attached hydrogen (secondary N) is 2. The van der Waals surface area contributed by atoms with E-state index in [0.29, 0.717) is 16.4 Å². The molecule has 0 saturated heterocycles. The number of benzene rings is 2. The number of sulfonamides is 1. The van der Waals surface area contributed by atoms with E-state index >= 15 is 0 Å². The van der Waals surface area contributed by atoms with Crippen molar-refractivity contribution in [2.24, 2.45) is 0 Å². The molecule has 8 heteroatoms. The van der Waals surface area contributed by atoms with Crippen molar-refractivity contribution < 1.29 is 13.2 Å². The molecule has 3 rings (SSSR count). The summed E-state index contributed by atoms with van der Waals surface area (Å²) in [6, 6.07) is 11.6. The fourth-order valence-corrected chi connectivity index (χ4v) is 4.22. The van der Waals surface area contributed by atoms with Crippen molar-refractivity contribution >= 4 is 38.1 Å². The van der Waals surface area contributed by atoms with Crippen molar-refractivity contribution in [2.45, 2.75) is 18.7 Å². The molecule has 0 bridgehead atoms. The second-order valence-electron chi connectivity index (χ2n) is 5.74. The molecule has 0 radical (unpaired) electrons. The monoisotopic (exact) mass is 387 g/mol. The van der Waals surface area contributed by atoms with Crippen molar-refractivity contribution in [1.29, 1.82) is 0 Å². The van der Waals surface area contributed by atoms with Gasteiger partial charge in [-0.3, -0.25) is 9.52 Å². The lowest BCUT2D eigenvalue weighted by Crippen LogP contribution is -2.15. The highest BCUT2D eigenvalue weighted by atomic mass is 32.2. The van der Waals surface area contributed by atoms with Crippen LogP contribution in [0.4, 0.5) is 10.8 Å². The van der Waals surface area contributed by atoms with Crippen molar-refractivity contribution in [3.05, 3.63) is 70.7 Å². The summed E-state index contributed by atoms with van der Waals surface area (Å²) in [6.45, 7) is 3.84. The maximum Gasteiger partial charge on any atom is 0.263 e. The SMILES string of the molecule is Cc1ccc(C(=O)Nc2ccc(S(=O)(=O)Nc3nccs3)cc2)c(C)c1. The van der Waals surface area contributed by atoms with E-state index < -0.39 is 10.0 Å². The first-order valence-electron chi connectivity index (χ1n) is 7.76. The van der Waals surface area contributed by atoms with Crippen molar-refractivity contribution in [3.63, 3.8) is 0 Å². The zero-order valence-corrected chi connectivity index (χ0v) is 15.8. The highest BCUT2D eigenvalue weighted by molar-refractivity contribution is 7.93. The number of rotatable bonds is 5. The van der Waals surface area contributed by atoms with Crippen LogP contribution >= 0.6 is 11.3 Å². The number of carbonyl (C=O) groups is 1. The van der Waals surface area contributed by atoms with Gasteiger partial charge in [0.2, 0.25) is 0 Å². The molecular formula is C18H17N3O3S2. The average molecular weight is 387 g/mol. The van der Waals surface area contributed by atoms with E-state index in [9.17, 15) is 13.2 Å². The number of nitrogens with zero attached hydrogens (tertiary/aromatic N) is 1. The molecule has 0 unspecified atom stereocenters. The van der Waals surface area contributed by atoms with E-state index in [-0.39, 0.29) is 10.8 Å². The van der Waals surface area contributed by atoms with Gasteiger partial charge in [-0.15, -0.1) is 11.3 Å². The van der Waals surface area contributed by atoms with Crippen LogP contribution in [0, 0.1) is 13.8 Å². The van der Waals surface area contributed by atoms with Crippen LogP contribution in [-0.2, 0) is 10.0 Å². The molecule has 3 aromatic rings. The lowest BCUT2D eigenvalue weighted by molar-refractivity contribution is 0.102. The molecule has 0 aliphatic carbocycles. The number of aromatic nitrogens is 1. The summed E-state index contributed by atoms with van der Waals surface area (Å²) in [6.07, 6.45) is 1.52. The van der Waals surface area contributed by atoms with Crippen LogP contribution in [0.15, 0.2) is 58.9 Å². The van der Waals surface area contributed by atoms with Gasteiger partial charge in [0.25, 0.3) is 15.9 Å². The van der Waals surface area contributed by atoms with Crippen LogP contribution < -0.4 is 10.0 Å².